The molecule has 5 nitrogen and oxygen atoms in total. The van der Waals surface area contributed by atoms with E-state index in [-0.39, 0.29) is 0 Å². The van der Waals surface area contributed by atoms with E-state index in [1.54, 1.807) is 39.0 Å². The minimum Gasteiger partial charge on any atom is -0.496 e. The van der Waals surface area contributed by atoms with Crippen molar-refractivity contribution in [1.82, 2.24) is 0 Å². The van der Waals surface area contributed by atoms with Crippen LogP contribution in [-0.4, -0.2) is 29.6 Å². The second-order valence-corrected chi connectivity index (χ2v) is 8.71. The molecule has 114 valence electrons. The van der Waals surface area contributed by atoms with Crippen molar-refractivity contribution >= 4 is 32.1 Å². The number of ether oxygens (including phenoxy) is 2. The summed E-state index contributed by atoms with van der Waals surface area (Å²) < 4.78 is 25.3. The Hall–Kier alpha value is -0.920. The van der Waals surface area contributed by atoms with Gasteiger partial charge in [0.2, 0.25) is 0 Å². The van der Waals surface area contributed by atoms with Crippen molar-refractivity contribution in [3.8, 4) is 5.75 Å². The molecular formula is C13H20BrNO4S. The molecule has 0 fully saturated rings. The first-order valence-electron chi connectivity index (χ1n) is 5.95. The lowest BCUT2D eigenvalue weighted by Crippen LogP contribution is -2.23. The van der Waals surface area contributed by atoms with E-state index in [1.807, 2.05) is 0 Å². The van der Waals surface area contributed by atoms with Crippen LogP contribution < -0.4 is 4.74 Å². The molecule has 1 amide bonds. The standard InChI is InChI=1S/C13H20BrNO4S/c1-13(2,3)19-12(16)15-20(5,17)9-6-7-10(14)11(8-9)18-4/h6-8,20H,1-5H3,(H,15,16,17). The largest absolute Gasteiger partial charge is 0.496 e. The fourth-order valence-corrected chi connectivity index (χ4v) is 3.01. The number of halogens is 1. The third kappa shape index (κ3) is 4.88. The van der Waals surface area contributed by atoms with Crippen LogP contribution in [0.4, 0.5) is 4.79 Å². The van der Waals surface area contributed by atoms with Crippen LogP contribution in [0.2, 0.25) is 0 Å². The maximum atomic E-state index is 11.7. The smallest absolute Gasteiger partial charge is 0.440 e. The van der Waals surface area contributed by atoms with Gasteiger partial charge in [0.15, 0.2) is 0 Å². The highest BCUT2D eigenvalue weighted by Gasteiger charge is 2.18. The fraction of sp³-hybridized carbons (Fsp3) is 0.462. The molecule has 0 spiro atoms. The highest BCUT2D eigenvalue weighted by molar-refractivity contribution is 9.10. The van der Waals surface area contributed by atoms with E-state index >= 15 is 0 Å². The Labute approximate surface area is 128 Å². The van der Waals surface area contributed by atoms with Crippen LogP contribution in [0.15, 0.2) is 31.9 Å². The topological polar surface area (TPSA) is 68.1 Å². The van der Waals surface area contributed by atoms with Crippen LogP contribution in [0.25, 0.3) is 0 Å². The van der Waals surface area contributed by atoms with E-state index in [0.717, 1.165) is 4.47 Å². The lowest BCUT2D eigenvalue weighted by Gasteiger charge is -2.22. The number of methoxy groups -OCH3 is 1. The van der Waals surface area contributed by atoms with Gasteiger partial charge in [-0.15, -0.1) is 4.36 Å². The number of nitrogens with zero attached hydrogens (tertiary/aromatic N) is 1. The summed E-state index contributed by atoms with van der Waals surface area (Å²) >= 11 is 3.33. The predicted molar refractivity (Wildman–Crippen MR) is 84.9 cm³/mol. The first-order valence-corrected chi connectivity index (χ1v) is 8.88. The number of carbonyl (C=O) groups excluding carboxylic acids is 1. The lowest BCUT2D eigenvalue weighted by atomic mass is 10.2. The predicted octanol–water partition coefficient (Wildman–Crippen LogP) is 3.92. The van der Waals surface area contributed by atoms with Gasteiger partial charge in [-0.3, -0.25) is 0 Å². The molecule has 0 saturated heterocycles. The molecule has 1 aromatic carbocycles. The van der Waals surface area contributed by atoms with Crippen molar-refractivity contribution in [2.45, 2.75) is 31.3 Å². The third-order valence-corrected chi connectivity index (χ3v) is 4.76. The monoisotopic (exact) mass is 365 g/mol. The van der Waals surface area contributed by atoms with Crippen molar-refractivity contribution in [3.05, 3.63) is 22.7 Å². The zero-order chi connectivity index (χ0) is 15.6. The average Bonchev–Trinajstić information content (AvgIpc) is 2.25. The Kier molecular flexibility index (Phi) is 5.34. The molecule has 0 atom stereocenters. The summed E-state index contributed by atoms with van der Waals surface area (Å²) in [5.74, 6) is 0.571. The van der Waals surface area contributed by atoms with Gasteiger partial charge >= 0.3 is 6.09 Å². The summed E-state index contributed by atoms with van der Waals surface area (Å²) in [5, 5.41) is 0. The lowest BCUT2D eigenvalue weighted by molar-refractivity contribution is 0.0607. The summed E-state index contributed by atoms with van der Waals surface area (Å²) in [6, 6.07) is 5.10. The van der Waals surface area contributed by atoms with Crippen molar-refractivity contribution in [3.63, 3.8) is 0 Å². The van der Waals surface area contributed by atoms with Gasteiger partial charge in [-0.2, -0.15) is 0 Å². The summed E-state index contributed by atoms with van der Waals surface area (Å²) in [5.41, 5.74) is -0.641. The van der Waals surface area contributed by atoms with Gasteiger partial charge in [0, 0.05) is 4.90 Å². The van der Waals surface area contributed by atoms with Crippen LogP contribution in [-0.2, 0) is 14.8 Å². The van der Waals surface area contributed by atoms with E-state index in [1.165, 1.54) is 13.4 Å². The fourth-order valence-electron chi connectivity index (χ4n) is 1.41. The molecule has 0 bridgehead atoms. The summed E-state index contributed by atoms with van der Waals surface area (Å²) in [6.45, 7) is 5.24. The zero-order valence-corrected chi connectivity index (χ0v) is 14.7. The van der Waals surface area contributed by atoms with Gasteiger partial charge in [-0.25, -0.2) is 4.79 Å². The number of rotatable bonds is 2. The Balaban J connectivity index is 3.12. The van der Waals surface area contributed by atoms with Gasteiger partial charge < -0.3 is 14.0 Å². The van der Waals surface area contributed by atoms with Gasteiger partial charge in [0.05, 0.1) is 11.6 Å². The number of carbonyl (C=O) groups is 1. The van der Waals surface area contributed by atoms with Crippen LogP contribution in [0.1, 0.15) is 20.8 Å². The quantitative estimate of drug-likeness (QED) is 0.779. The number of amides is 1. The van der Waals surface area contributed by atoms with E-state index in [9.17, 15) is 9.35 Å². The van der Waals surface area contributed by atoms with Crippen LogP contribution in [0.5, 0.6) is 5.75 Å². The molecule has 1 rings (SSSR count). The van der Waals surface area contributed by atoms with Crippen molar-refractivity contribution in [2.24, 2.45) is 4.36 Å². The maximum absolute atomic E-state index is 11.7. The summed E-state index contributed by atoms with van der Waals surface area (Å²) in [4.78, 5) is 12.3. The number of hydrogen-bond donors (Lipinski definition) is 2. The molecule has 20 heavy (non-hydrogen) atoms. The summed E-state index contributed by atoms with van der Waals surface area (Å²) in [6.07, 6.45) is 0.761. The molecule has 0 aliphatic heterocycles. The van der Waals surface area contributed by atoms with Crippen LogP contribution in [0, 0.1) is 0 Å². The van der Waals surface area contributed by atoms with E-state index < -0.39 is 21.8 Å². The molecule has 0 radical (unpaired) electrons. The molecule has 1 aromatic rings. The highest BCUT2D eigenvalue weighted by atomic mass is 79.9. The molecule has 0 aliphatic rings. The first-order chi connectivity index (χ1) is 9.05. The number of thiol groups is 1. The molecular weight excluding hydrogens is 346 g/mol. The van der Waals surface area contributed by atoms with Gasteiger partial charge in [0.1, 0.15) is 11.4 Å². The Morgan fingerprint density at radius 2 is 2.00 bits per heavy atom. The van der Waals surface area contributed by atoms with Crippen molar-refractivity contribution < 1.29 is 18.8 Å². The molecule has 0 aliphatic carbocycles. The van der Waals surface area contributed by atoms with Gasteiger partial charge in [-0.1, -0.05) is 10.1 Å². The highest BCUT2D eigenvalue weighted by Crippen LogP contribution is 2.29. The van der Waals surface area contributed by atoms with Crippen LogP contribution >= 0.6 is 15.9 Å². The Morgan fingerprint density at radius 1 is 1.40 bits per heavy atom. The van der Waals surface area contributed by atoms with Gasteiger partial charge in [-0.05, 0) is 61.2 Å². The second kappa shape index (κ2) is 6.24. The average molecular weight is 366 g/mol. The molecule has 0 heterocycles. The molecule has 0 saturated carbocycles. The van der Waals surface area contributed by atoms with Crippen LogP contribution in [0.3, 0.4) is 0 Å². The molecule has 1 N–H and O–H groups in total. The molecule has 0 aromatic heterocycles. The Morgan fingerprint density at radius 3 is 2.50 bits per heavy atom. The van der Waals surface area contributed by atoms with Crippen molar-refractivity contribution in [1.29, 1.82) is 0 Å². The summed E-state index contributed by atoms with van der Waals surface area (Å²) in [7, 11) is -1.42. The molecule has 0 unspecified atom stereocenters. The Bertz CT molecular complexity index is 560. The van der Waals surface area contributed by atoms with Gasteiger partial charge in [0.25, 0.3) is 0 Å². The van der Waals surface area contributed by atoms with E-state index in [0.29, 0.717) is 10.6 Å². The minimum absolute atomic E-state index is 0.545. The van der Waals surface area contributed by atoms with E-state index in [4.69, 9.17) is 9.47 Å². The second-order valence-electron chi connectivity index (χ2n) is 5.31. The third-order valence-electron chi connectivity index (χ3n) is 2.29. The molecule has 7 heteroatoms. The normalized spacial score (nSPS) is 12.8. The number of hydrogen-bond acceptors (Lipinski definition) is 3. The first kappa shape index (κ1) is 17.1. The maximum Gasteiger partial charge on any atom is 0.440 e. The SMILES string of the molecule is COc1cc([SH](C)(O)=NC(=O)OC(C)(C)C)ccc1Br. The van der Waals surface area contributed by atoms with Crippen molar-refractivity contribution in [2.75, 3.05) is 13.4 Å². The minimum atomic E-state index is -2.95. The van der Waals surface area contributed by atoms with E-state index in [2.05, 4.69) is 20.3 Å². The zero-order valence-electron chi connectivity index (χ0n) is 12.2. The number of benzene rings is 1.